The molecular formula is C16H20F3N3O. The van der Waals surface area contributed by atoms with Crippen LogP contribution in [-0.2, 0) is 6.18 Å². The van der Waals surface area contributed by atoms with Crippen molar-refractivity contribution in [2.75, 3.05) is 7.05 Å². The van der Waals surface area contributed by atoms with Gasteiger partial charge in [-0.1, -0.05) is 0 Å². The molecule has 0 aromatic carbocycles. The molecule has 4 nitrogen and oxygen atoms in total. The molecule has 2 bridgehead atoms. The Hall–Kier alpha value is -1.63. The van der Waals surface area contributed by atoms with E-state index in [0.29, 0.717) is 12.1 Å². The number of alkyl halides is 3. The number of fused-ring (bicyclic) bond motifs is 2. The van der Waals surface area contributed by atoms with Crippen LogP contribution in [0.4, 0.5) is 13.2 Å². The van der Waals surface area contributed by atoms with Crippen molar-refractivity contribution in [2.24, 2.45) is 0 Å². The summed E-state index contributed by atoms with van der Waals surface area (Å²) in [7, 11) is 1.73. The predicted octanol–water partition coefficient (Wildman–Crippen LogP) is 2.76. The number of nitrogens with one attached hydrogen (secondary N) is 1. The number of amides is 1. The SMILES string of the molecule is Cc1nc(C(F)(F)F)ccc1C(=O)N(C)C1CC2CCC(C1)N2. The Morgan fingerprint density at radius 3 is 2.39 bits per heavy atom. The molecule has 0 aliphatic carbocycles. The number of hydrogen-bond acceptors (Lipinski definition) is 3. The molecule has 2 unspecified atom stereocenters. The van der Waals surface area contributed by atoms with Crippen LogP contribution in [0.5, 0.6) is 0 Å². The van der Waals surface area contributed by atoms with Gasteiger partial charge >= 0.3 is 6.18 Å². The molecule has 3 rings (SSSR count). The molecule has 126 valence electrons. The quantitative estimate of drug-likeness (QED) is 0.908. The lowest BCUT2D eigenvalue weighted by Crippen LogP contribution is -2.48. The summed E-state index contributed by atoms with van der Waals surface area (Å²) in [5, 5.41) is 3.51. The fourth-order valence-electron chi connectivity index (χ4n) is 3.64. The summed E-state index contributed by atoms with van der Waals surface area (Å²) < 4.78 is 38.0. The molecule has 1 amide bonds. The summed E-state index contributed by atoms with van der Waals surface area (Å²) >= 11 is 0. The number of aromatic nitrogens is 1. The van der Waals surface area contributed by atoms with Gasteiger partial charge in [-0.25, -0.2) is 4.98 Å². The molecule has 0 saturated carbocycles. The van der Waals surface area contributed by atoms with Crippen molar-refractivity contribution in [1.82, 2.24) is 15.2 Å². The van der Waals surface area contributed by atoms with Crippen molar-refractivity contribution < 1.29 is 18.0 Å². The highest BCUT2D eigenvalue weighted by Gasteiger charge is 2.37. The maximum Gasteiger partial charge on any atom is 0.433 e. The van der Waals surface area contributed by atoms with Gasteiger partial charge in [0, 0.05) is 25.2 Å². The van der Waals surface area contributed by atoms with Crippen molar-refractivity contribution in [3.63, 3.8) is 0 Å². The zero-order chi connectivity index (χ0) is 16.8. The van der Waals surface area contributed by atoms with Crippen molar-refractivity contribution in [2.45, 2.75) is 56.9 Å². The number of aryl methyl sites for hydroxylation is 1. The Bertz CT molecular complexity index is 605. The van der Waals surface area contributed by atoms with E-state index in [1.54, 1.807) is 11.9 Å². The molecule has 1 aromatic rings. The maximum absolute atomic E-state index is 12.7. The summed E-state index contributed by atoms with van der Waals surface area (Å²) in [5.74, 6) is -0.255. The number of pyridine rings is 1. The maximum atomic E-state index is 12.7. The average Bonchev–Trinajstić information content (AvgIpc) is 2.83. The van der Waals surface area contributed by atoms with Gasteiger partial charge < -0.3 is 10.2 Å². The van der Waals surface area contributed by atoms with Crippen LogP contribution in [0.15, 0.2) is 12.1 Å². The molecule has 2 aliphatic rings. The number of rotatable bonds is 2. The fourth-order valence-corrected chi connectivity index (χ4v) is 3.64. The van der Waals surface area contributed by atoms with Gasteiger partial charge in [-0.2, -0.15) is 13.2 Å². The number of hydrogen-bond donors (Lipinski definition) is 1. The van der Waals surface area contributed by atoms with Gasteiger partial charge in [0.15, 0.2) is 0 Å². The first-order valence-corrected chi connectivity index (χ1v) is 7.83. The molecule has 2 atom stereocenters. The summed E-state index contributed by atoms with van der Waals surface area (Å²) in [5.41, 5.74) is -0.603. The summed E-state index contributed by atoms with van der Waals surface area (Å²) in [6.45, 7) is 1.45. The first kappa shape index (κ1) is 16.2. The summed E-state index contributed by atoms with van der Waals surface area (Å²) in [6, 6.07) is 3.13. The van der Waals surface area contributed by atoms with Gasteiger partial charge in [-0.3, -0.25) is 4.79 Å². The Morgan fingerprint density at radius 1 is 1.26 bits per heavy atom. The molecular weight excluding hydrogens is 307 g/mol. The third-order valence-electron chi connectivity index (χ3n) is 4.92. The van der Waals surface area contributed by atoms with Gasteiger partial charge in [0.05, 0.1) is 11.3 Å². The molecule has 3 heterocycles. The first-order chi connectivity index (χ1) is 10.8. The molecule has 2 saturated heterocycles. The lowest BCUT2D eigenvalue weighted by atomic mass is 9.97. The van der Waals surface area contributed by atoms with Crippen molar-refractivity contribution in [3.05, 3.63) is 29.1 Å². The van der Waals surface area contributed by atoms with E-state index in [1.165, 1.54) is 13.0 Å². The van der Waals surface area contributed by atoms with Gasteiger partial charge in [0.25, 0.3) is 5.91 Å². The second-order valence-corrected chi connectivity index (χ2v) is 6.51. The minimum atomic E-state index is -4.49. The standard InChI is InChI=1S/C16H20F3N3O/c1-9-13(5-6-14(20-9)16(17,18)19)15(23)22(2)12-7-10-3-4-11(8-12)21-10/h5-6,10-12,21H,3-4,7-8H2,1-2H3. The molecule has 1 N–H and O–H groups in total. The minimum absolute atomic E-state index is 0.119. The molecule has 2 aliphatic heterocycles. The van der Waals surface area contributed by atoms with Crippen LogP contribution in [0, 0.1) is 6.92 Å². The number of piperidine rings is 1. The van der Waals surface area contributed by atoms with E-state index in [0.717, 1.165) is 31.7 Å². The molecule has 2 fully saturated rings. The Balaban J connectivity index is 1.77. The minimum Gasteiger partial charge on any atom is -0.339 e. The average molecular weight is 327 g/mol. The third kappa shape index (κ3) is 3.20. The smallest absolute Gasteiger partial charge is 0.339 e. The van der Waals surface area contributed by atoms with E-state index in [1.807, 2.05) is 0 Å². The van der Waals surface area contributed by atoms with Gasteiger partial charge in [-0.15, -0.1) is 0 Å². The zero-order valence-electron chi connectivity index (χ0n) is 13.2. The van der Waals surface area contributed by atoms with Gasteiger partial charge in [0.1, 0.15) is 5.69 Å². The van der Waals surface area contributed by atoms with Crippen LogP contribution in [0.2, 0.25) is 0 Å². The number of carbonyl (C=O) groups excluding carboxylic acids is 1. The van der Waals surface area contributed by atoms with Gasteiger partial charge in [-0.05, 0) is 44.7 Å². The van der Waals surface area contributed by atoms with E-state index < -0.39 is 11.9 Å². The van der Waals surface area contributed by atoms with Crippen LogP contribution in [-0.4, -0.2) is 41.0 Å². The second-order valence-electron chi connectivity index (χ2n) is 6.51. The summed E-state index contributed by atoms with van der Waals surface area (Å²) in [4.78, 5) is 17.9. The van der Waals surface area contributed by atoms with Crippen molar-refractivity contribution in [1.29, 1.82) is 0 Å². The second kappa shape index (κ2) is 5.78. The molecule has 0 radical (unpaired) electrons. The zero-order valence-corrected chi connectivity index (χ0v) is 13.2. The highest BCUT2D eigenvalue weighted by atomic mass is 19.4. The van der Waals surface area contributed by atoms with E-state index in [2.05, 4.69) is 10.3 Å². The van der Waals surface area contributed by atoms with Crippen molar-refractivity contribution in [3.8, 4) is 0 Å². The van der Waals surface area contributed by atoms with E-state index in [-0.39, 0.29) is 23.2 Å². The first-order valence-electron chi connectivity index (χ1n) is 7.83. The molecule has 0 spiro atoms. The van der Waals surface area contributed by atoms with E-state index in [4.69, 9.17) is 0 Å². The fraction of sp³-hybridized carbons (Fsp3) is 0.625. The Labute approximate surface area is 133 Å². The van der Waals surface area contributed by atoms with Gasteiger partial charge in [0.2, 0.25) is 0 Å². The third-order valence-corrected chi connectivity index (χ3v) is 4.92. The monoisotopic (exact) mass is 327 g/mol. The summed E-state index contributed by atoms with van der Waals surface area (Å²) in [6.07, 6.45) is -0.446. The highest BCUT2D eigenvalue weighted by molar-refractivity contribution is 5.95. The number of carbonyl (C=O) groups is 1. The molecule has 7 heteroatoms. The normalized spacial score (nSPS) is 27.1. The topological polar surface area (TPSA) is 45.2 Å². The Morgan fingerprint density at radius 2 is 1.87 bits per heavy atom. The van der Waals surface area contributed by atoms with E-state index in [9.17, 15) is 18.0 Å². The number of nitrogens with zero attached hydrogens (tertiary/aromatic N) is 2. The lowest BCUT2D eigenvalue weighted by Gasteiger charge is -2.35. The van der Waals surface area contributed by atoms with Crippen LogP contribution < -0.4 is 5.32 Å². The van der Waals surface area contributed by atoms with Crippen LogP contribution >= 0.6 is 0 Å². The van der Waals surface area contributed by atoms with E-state index >= 15 is 0 Å². The number of halogens is 3. The highest BCUT2D eigenvalue weighted by Crippen LogP contribution is 2.31. The van der Waals surface area contributed by atoms with Crippen molar-refractivity contribution >= 4 is 5.91 Å². The van der Waals surface area contributed by atoms with Crippen LogP contribution in [0.25, 0.3) is 0 Å². The van der Waals surface area contributed by atoms with Crippen LogP contribution in [0.3, 0.4) is 0 Å². The van der Waals surface area contributed by atoms with Crippen LogP contribution in [0.1, 0.15) is 47.4 Å². The molecule has 1 aromatic heterocycles. The lowest BCUT2D eigenvalue weighted by molar-refractivity contribution is -0.141. The largest absolute Gasteiger partial charge is 0.433 e. The molecule has 23 heavy (non-hydrogen) atoms. The predicted molar refractivity (Wildman–Crippen MR) is 79.0 cm³/mol. The Kier molecular flexibility index (Phi) is 4.08.